The maximum absolute atomic E-state index is 11.7. The van der Waals surface area contributed by atoms with E-state index in [1.54, 1.807) is 0 Å². The van der Waals surface area contributed by atoms with Crippen molar-refractivity contribution in [2.45, 2.75) is 13.8 Å². The summed E-state index contributed by atoms with van der Waals surface area (Å²) in [4.78, 5) is 14.0. The Bertz CT molecular complexity index is 486. The lowest BCUT2D eigenvalue weighted by Crippen LogP contribution is -2.38. The molecule has 0 aliphatic heterocycles. The number of nitrogens with zero attached hydrogens (tertiary/aromatic N) is 1. The topological polar surface area (TPSA) is 55.6 Å². The van der Waals surface area contributed by atoms with Crippen molar-refractivity contribution in [3.8, 4) is 0 Å². The summed E-state index contributed by atoms with van der Waals surface area (Å²) in [7, 11) is 3.30. The number of para-hydroxylation sites is 1. The lowest BCUT2D eigenvalue weighted by Gasteiger charge is -2.30. The summed E-state index contributed by atoms with van der Waals surface area (Å²) in [6.07, 6.45) is 0. The predicted octanol–water partition coefficient (Wildman–Crippen LogP) is 1.96. The van der Waals surface area contributed by atoms with Gasteiger partial charge in [-0.25, -0.2) is 0 Å². The molecule has 5 heteroatoms. The molecule has 19 heavy (non-hydrogen) atoms. The van der Waals surface area contributed by atoms with Crippen LogP contribution in [0.3, 0.4) is 0 Å². The van der Waals surface area contributed by atoms with Crippen molar-refractivity contribution in [3.63, 3.8) is 0 Å². The van der Waals surface area contributed by atoms with Crippen molar-refractivity contribution < 1.29 is 9.53 Å². The highest BCUT2D eigenvalue weighted by atomic mass is 32.1. The Hall–Kier alpha value is -1.62. The standard InChI is InChI=1S/C14H20N2O2S/c1-14(2,13(17)18-4)9-16(3)11-8-6-5-7-10(11)12(15)19/h5-8H,9H2,1-4H3,(H2,15,19). The predicted molar refractivity (Wildman–Crippen MR) is 81.4 cm³/mol. The quantitative estimate of drug-likeness (QED) is 0.660. The normalized spacial score (nSPS) is 10.9. The van der Waals surface area contributed by atoms with Crippen molar-refractivity contribution in [1.82, 2.24) is 0 Å². The summed E-state index contributed by atoms with van der Waals surface area (Å²) in [5, 5.41) is 0. The van der Waals surface area contributed by atoms with Crippen LogP contribution < -0.4 is 10.6 Å². The van der Waals surface area contributed by atoms with Crippen molar-refractivity contribution in [1.29, 1.82) is 0 Å². The van der Waals surface area contributed by atoms with Gasteiger partial charge in [-0.15, -0.1) is 0 Å². The monoisotopic (exact) mass is 280 g/mol. The first-order valence-corrected chi connectivity index (χ1v) is 6.39. The van der Waals surface area contributed by atoms with Crippen molar-refractivity contribution in [2.75, 3.05) is 25.6 Å². The molecular weight excluding hydrogens is 260 g/mol. The van der Waals surface area contributed by atoms with E-state index in [1.807, 2.05) is 50.1 Å². The number of carbonyl (C=O) groups excluding carboxylic acids is 1. The summed E-state index contributed by atoms with van der Waals surface area (Å²) in [5.41, 5.74) is 6.83. The van der Waals surface area contributed by atoms with E-state index in [9.17, 15) is 4.79 Å². The van der Waals surface area contributed by atoms with E-state index in [0.717, 1.165) is 11.3 Å². The summed E-state index contributed by atoms with van der Waals surface area (Å²) in [6.45, 7) is 4.21. The van der Waals surface area contributed by atoms with Crippen LogP contribution in [0.1, 0.15) is 19.4 Å². The van der Waals surface area contributed by atoms with Gasteiger partial charge in [0.05, 0.1) is 12.5 Å². The molecule has 4 nitrogen and oxygen atoms in total. The maximum atomic E-state index is 11.7. The van der Waals surface area contributed by atoms with E-state index in [-0.39, 0.29) is 5.97 Å². The van der Waals surface area contributed by atoms with E-state index < -0.39 is 5.41 Å². The van der Waals surface area contributed by atoms with Crippen molar-refractivity contribution >= 4 is 28.9 Å². The van der Waals surface area contributed by atoms with E-state index >= 15 is 0 Å². The molecule has 0 saturated carbocycles. The Morgan fingerprint density at radius 2 is 2.00 bits per heavy atom. The number of hydrogen-bond donors (Lipinski definition) is 1. The second kappa shape index (κ2) is 6.02. The Morgan fingerprint density at radius 3 is 2.53 bits per heavy atom. The van der Waals surface area contributed by atoms with Crippen LogP contribution in [0.5, 0.6) is 0 Å². The number of hydrogen-bond acceptors (Lipinski definition) is 4. The number of thiocarbonyl (C=S) groups is 1. The van der Waals surface area contributed by atoms with Crippen LogP contribution in [0.2, 0.25) is 0 Å². The Balaban J connectivity index is 2.99. The highest BCUT2D eigenvalue weighted by molar-refractivity contribution is 7.80. The minimum Gasteiger partial charge on any atom is -0.469 e. The zero-order valence-corrected chi connectivity index (χ0v) is 12.6. The average Bonchev–Trinajstić information content (AvgIpc) is 2.37. The third kappa shape index (κ3) is 3.67. The van der Waals surface area contributed by atoms with E-state index in [4.69, 9.17) is 22.7 Å². The van der Waals surface area contributed by atoms with E-state index in [1.165, 1.54) is 7.11 Å². The first-order chi connectivity index (χ1) is 8.79. The lowest BCUT2D eigenvalue weighted by atomic mass is 9.92. The highest BCUT2D eigenvalue weighted by Crippen LogP contribution is 2.25. The second-order valence-corrected chi connectivity index (χ2v) is 5.55. The largest absolute Gasteiger partial charge is 0.469 e. The van der Waals surface area contributed by atoms with Gasteiger partial charge in [0.25, 0.3) is 0 Å². The number of anilines is 1. The fraction of sp³-hybridized carbons (Fsp3) is 0.429. The number of carbonyl (C=O) groups is 1. The highest BCUT2D eigenvalue weighted by Gasteiger charge is 2.30. The molecule has 0 spiro atoms. The third-order valence-electron chi connectivity index (χ3n) is 2.95. The first-order valence-electron chi connectivity index (χ1n) is 5.98. The molecule has 1 rings (SSSR count). The van der Waals surface area contributed by atoms with Crippen LogP contribution in [-0.2, 0) is 9.53 Å². The van der Waals surface area contributed by atoms with Gasteiger partial charge in [0.2, 0.25) is 0 Å². The van der Waals surface area contributed by atoms with Crippen LogP contribution in [0, 0.1) is 5.41 Å². The number of ether oxygens (including phenoxy) is 1. The SMILES string of the molecule is COC(=O)C(C)(C)CN(C)c1ccccc1C(N)=S. The summed E-state index contributed by atoms with van der Waals surface area (Å²) in [5.74, 6) is -0.243. The van der Waals surface area contributed by atoms with Crippen LogP contribution in [-0.4, -0.2) is 31.7 Å². The summed E-state index contributed by atoms with van der Waals surface area (Å²) >= 11 is 5.04. The zero-order chi connectivity index (χ0) is 14.6. The first kappa shape index (κ1) is 15.4. The van der Waals surface area contributed by atoms with Gasteiger partial charge in [0.15, 0.2) is 0 Å². The van der Waals surface area contributed by atoms with Gasteiger partial charge >= 0.3 is 5.97 Å². The molecule has 0 bridgehead atoms. The fourth-order valence-corrected chi connectivity index (χ4v) is 2.21. The molecule has 1 aromatic rings. The van der Waals surface area contributed by atoms with Crippen LogP contribution in [0.4, 0.5) is 5.69 Å². The molecule has 0 aromatic heterocycles. The third-order valence-corrected chi connectivity index (χ3v) is 3.17. The van der Waals surface area contributed by atoms with Crippen LogP contribution in [0.15, 0.2) is 24.3 Å². The molecule has 104 valence electrons. The Kier molecular flexibility index (Phi) is 4.89. The molecular formula is C14H20N2O2S. The molecule has 0 amide bonds. The molecule has 0 atom stereocenters. The van der Waals surface area contributed by atoms with Crippen LogP contribution in [0.25, 0.3) is 0 Å². The maximum Gasteiger partial charge on any atom is 0.313 e. The van der Waals surface area contributed by atoms with Gasteiger partial charge in [-0.2, -0.15) is 0 Å². The number of rotatable bonds is 5. The lowest BCUT2D eigenvalue weighted by molar-refractivity contribution is -0.150. The number of benzene rings is 1. The smallest absolute Gasteiger partial charge is 0.313 e. The Morgan fingerprint density at radius 1 is 1.42 bits per heavy atom. The van der Waals surface area contributed by atoms with Gasteiger partial charge in [-0.05, 0) is 26.0 Å². The molecule has 0 fully saturated rings. The second-order valence-electron chi connectivity index (χ2n) is 5.11. The minimum absolute atomic E-state index is 0.243. The molecule has 0 radical (unpaired) electrons. The van der Waals surface area contributed by atoms with E-state index in [0.29, 0.717) is 11.5 Å². The van der Waals surface area contributed by atoms with Gasteiger partial charge < -0.3 is 15.4 Å². The van der Waals surface area contributed by atoms with Gasteiger partial charge in [-0.3, -0.25) is 4.79 Å². The zero-order valence-electron chi connectivity index (χ0n) is 11.8. The molecule has 2 N–H and O–H groups in total. The van der Waals surface area contributed by atoms with Crippen LogP contribution >= 0.6 is 12.2 Å². The molecule has 1 aromatic carbocycles. The van der Waals surface area contributed by atoms with Gasteiger partial charge in [-0.1, -0.05) is 24.4 Å². The Labute approximate surface area is 119 Å². The minimum atomic E-state index is -0.604. The van der Waals surface area contributed by atoms with E-state index in [2.05, 4.69) is 0 Å². The number of nitrogens with two attached hydrogens (primary N) is 1. The molecule has 0 aliphatic carbocycles. The summed E-state index contributed by atoms with van der Waals surface area (Å²) in [6, 6.07) is 7.61. The fourth-order valence-electron chi connectivity index (χ4n) is 2.03. The van der Waals surface area contributed by atoms with Crippen molar-refractivity contribution in [3.05, 3.63) is 29.8 Å². The molecule has 0 unspecified atom stereocenters. The van der Waals surface area contributed by atoms with Gasteiger partial charge in [0, 0.05) is 24.8 Å². The molecule has 0 aliphatic rings. The van der Waals surface area contributed by atoms with Crippen molar-refractivity contribution in [2.24, 2.45) is 11.1 Å². The summed E-state index contributed by atoms with van der Waals surface area (Å²) < 4.78 is 4.81. The number of methoxy groups -OCH3 is 1. The van der Waals surface area contributed by atoms with Gasteiger partial charge in [0.1, 0.15) is 4.99 Å². The molecule has 0 heterocycles. The molecule has 0 saturated heterocycles. The average molecular weight is 280 g/mol. The number of esters is 1.